The van der Waals surface area contributed by atoms with Crippen molar-refractivity contribution in [3.63, 3.8) is 0 Å². The van der Waals surface area contributed by atoms with Crippen molar-refractivity contribution in [1.29, 1.82) is 0 Å². The second-order valence-corrected chi connectivity index (χ2v) is 13.9. The number of likely N-dealkylation sites (tertiary alicyclic amines) is 1. The third-order valence-electron chi connectivity index (χ3n) is 8.43. The topological polar surface area (TPSA) is 70.2 Å². The Balaban J connectivity index is 1.58. The number of amides is 1. The summed E-state index contributed by atoms with van der Waals surface area (Å²) in [4.78, 5) is 18.1. The van der Waals surface area contributed by atoms with Crippen LogP contribution in [0.3, 0.4) is 0 Å². The lowest BCUT2D eigenvalue weighted by molar-refractivity contribution is -0.133. The Morgan fingerprint density at radius 3 is 2.36 bits per heavy atom. The molecule has 2 atom stereocenters. The molecule has 1 saturated heterocycles. The Hall–Kier alpha value is -2.78. The summed E-state index contributed by atoms with van der Waals surface area (Å²) < 4.78 is 33.6. The highest BCUT2D eigenvalue weighted by Gasteiger charge is 2.40. The van der Waals surface area contributed by atoms with Crippen LogP contribution in [0, 0.1) is 0 Å². The Labute approximate surface area is 259 Å². The Kier molecular flexibility index (Phi) is 9.38. The molecule has 3 aromatic carbocycles. The van der Waals surface area contributed by atoms with Gasteiger partial charge in [-0.3, -0.25) is 14.0 Å². The van der Waals surface area contributed by atoms with E-state index < -0.39 is 10.0 Å². The van der Waals surface area contributed by atoms with Crippen LogP contribution in [0.1, 0.15) is 47.6 Å². The first-order chi connectivity index (χ1) is 20.1. The van der Waals surface area contributed by atoms with Crippen molar-refractivity contribution in [3.05, 3.63) is 93.0 Å². The second-order valence-electron chi connectivity index (χ2n) is 11.2. The molecule has 1 aliphatic heterocycles. The van der Waals surface area contributed by atoms with E-state index >= 15 is 0 Å². The number of halogens is 2. The molecule has 224 valence electrons. The Morgan fingerprint density at radius 1 is 1.00 bits per heavy atom. The summed E-state index contributed by atoms with van der Waals surface area (Å²) in [5.41, 5.74) is 4.15. The van der Waals surface area contributed by atoms with Gasteiger partial charge in [0.1, 0.15) is 5.75 Å². The molecule has 0 aromatic heterocycles. The fourth-order valence-corrected chi connectivity index (χ4v) is 7.51. The van der Waals surface area contributed by atoms with Crippen molar-refractivity contribution in [3.8, 4) is 5.75 Å². The fourth-order valence-electron chi connectivity index (χ4n) is 6.30. The molecule has 0 saturated carbocycles. The lowest BCUT2D eigenvalue weighted by Gasteiger charge is -2.44. The lowest BCUT2D eigenvalue weighted by atomic mass is 9.81. The molecule has 0 spiro atoms. The van der Waals surface area contributed by atoms with Gasteiger partial charge in [0.2, 0.25) is 15.9 Å². The predicted molar refractivity (Wildman–Crippen MR) is 169 cm³/mol. The molecule has 0 N–H and O–H groups in total. The molecule has 5 rings (SSSR count). The number of nitrogens with zero attached hydrogens (tertiary/aromatic N) is 3. The number of benzene rings is 3. The molecule has 7 nitrogen and oxygen atoms in total. The van der Waals surface area contributed by atoms with E-state index in [4.69, 9.17) is 27.9 Å². The van der Waals surface area contributed by atoms with Gasteiger partial charge >= 0.3 is 0 Å². The number of rotatable bonds is 9. The molecule has 1 amide bonds. The number of ether oxygens (including phenoxy) is 1. The zero-order valence-electron chi connectivity index (χ0n) is 24.2. The van der Waals surface area contributed by atoms with Crippen LogP contribution in [0.2, 0.25) is 10.0 Å². The maximum absolute atomic E-state index is 13.8. The molecule has 0 bridgehead atoms. The van der Waals surface area contributed by atoms with Gasteiger partial charge in [0.25, 0.3) is 0 Å². The van der Waals surface area contributed by atoms with Crippen LogP contribution in [0.4, 0.5) is 5.69 Å². The number of aryl methyl sites for hydroxylation is 1. The van der Waals surface area contributed by atoms with Crippen LogP contribution in [-0.4, -0.2) is 63.7 Å². The van der Waals surface area contributed by atoms with Gasteiger partial charge in [-0.2, -0.15) is 0 Å². The molecular formula is C32H37Cl2N3O4S. The van der Waals surface area contributed by atoms with Gasteiger partial charge in [-0.15, -0.1) is 0 Å². The number of hydrogen-bond acceptors (Lipinski definition) is 5. The zero-order chi connectivity index (χ0) is 30.0. The number of likely N-dealkylation sites (N-methyl/N-ethyl adjacent to an activating group) is 1. The lowest BCUT2D eigenvalue weighted by Crippen LogP contribution is -2.48. The average Bonchev–Trinajstić information content (AvgIpc) is 3.51. The summed E-state index contributed by atoms with van der Waals surface area (Å²) in [6.45, 7) is 2.14. The number of carbonyl (C=O) groups excluding carboxylic acids is 1. The third kappa shape index (κ3) is 6.57. The minimum Gasteiger partial charge on any atom is -0.495 e. The molecule has 1 aliphatic carbocycles. The Morgan fingerprint density at radius 2 is 1.71 bits per heavy atom. The highest BCUT2D eigenvalue weighted by molar-refractivity contribution is 7.92. The first-order valence-corrected chi connectivity index (χ1v) is 16.8. The van der Waals surface area contributed by atoms with Crippen LogP contribution < -0.4 is 9.04 Å². The predicted octanol–water partition coefficient (Wildman–Crippen LogP) is 6.12. The molecule has 2 unspecified atom stereocenters. The quantitative estimate of drug-likeness (QED) is 0.285. The van der Waals surface area contributed by atoms with E-state index in [2.05, 4.69) is 4.90 Å². The van der Waals surface area contributed by atoms with E-state index in [1.54, 1.807) is 19.2 Å². The highest BCUT2D eigenvalue weighted by atomic mass is 35.5. The molecule has 3 aromatic rings. The van der Waals surface area contributed by atoms with E-state index in [1.807, 2.05) is 60.5 Å². The second kappa shape index (κ2) is 12.8. The van der Waals surface area contributed by atoms with Crippen molar-refractivity contribution in [2.75, 3.05) is 37.8 Å². The van der Waals surface area contributed by atoms with Crippen LogP contribution in [0.15, 0.2) is 60.7 Å². The largest absolute Gasteiger partial charge is 0.495 e. The van der Waals surface area contributed by atoms with Gasteiger partial charge < -0.3 is 9.64 Å². The van der Waals surface area contributed by atoms with Crippen LogP contribution in [-0.2, 0) is 34.2 Å². The van der Waals surface area contributed by atoms with Crippen LogP contribution in [0.25, 0.3) is 0 Å². The standard InChI is InChI=1S/C32H37Cl2N3O4S/c1-35(31(38)18-23-11-13-26(33)27(34)17-23)32-25-20-29(37(42(3,39)40)21-22-9-5-4-6-10-22)30(41-2)19-24(25)12-14-28(32)36-15-7-8-16-36/h4-6,9-11,13,17,19-20,28,32H,7-8,12,14-16,18,21H2,1-3H3. The summed E-state index contributed by atoms with van der Waals surface area (Å²) in [5.74, 6) is 0.454. The van der Waals surface area contributed by atoms with Crippen molar-refractivity contribution in [2.45, 2.75) is 50.7 Å². The van der Waals surface area contributed by atoms with E-state index in [1.165, 1.54) is 10.6 Å². The molecule has 10 heteroatoms. The van der Waals surface area contributed by atoms with E-state index in [-0.39, 0.29) is 31.0 Å². The van der Waals surface area contributed by atoms with Crippen molar-refractivity contribution in [1.82, 2.24) is 9.80 Å². The summed E-state index contributed by atoms with van der Waals surface area (Å²) in [6, 6.07) is 18.5. The maximum atomic E-state index is 13.8. The van der Waals surface area contributed by atoms with Crippen molar-refractivity contribution < 1.29 is 17.9 Å². The maximum Gasteiger partial charge on any atom is 0.232 e. The number of anilines is 1. The molecule has 2 aliphatic rings. The average molecular weight is 631 g/mol. The first kappa shape index (κ1) is 30.7. The minimum absolute atomic E-state index is 0.0444. The normalized spacial score (nSPS) is 18.9. The van der Waals surface area contributed by atoms with Gasteiger partial charge in [-0.25, -0.2) is 8.42 Å². The van der Waals surface area contributed by atoms with E-state index in [9.17, 15) is 13.2 Å². The Bertz CT molecular complexity index is 1540. The molecule has 0 radical (unpaired) electrons. The third-order valence-corrected chi connectivity index (χ3v) is 10.3. The number of carbonyl (C=O) groups is 1. The van der Waals surface area contributed by atoms with Gasteiger partial charge in [0.15, 0.2) is 0 Å². The smallest absolute Gasteiger partial charge is 0.232 e. The van der Waals surface area contributed by atoms with Gasteiger partial charge in [0, 0.05) is 13.1 Å². The van der Waals surface area contributed by atoms with Crippen LogP contribution >= 0.6 is 23.2 Å². The summed E-state index contributed by atoms with van der Waals surface area (Å²) in [6.07, 6.45) is 5.36. The van der Waals surface area contributed by atoms with E-state index in [0.717, 1.165) is 61.0 Å². The summed E-state index contributed by atoms with van der Waals surface area (Å²) >= 11 is 12.4. The number of methoxy groups -OCH3 is 1. The van der Waals surface area contributed by atoms with Gasteiger partial charge in [0.05, 0.1) is 48.1 Å². The molecule has 1 heterocycles. The molecular weight excluding hydrogens is 593 g/mol. The van der Waals surface area contributed by atoms with Crippen LogP contribution in [0.5, 0.6) is 5.75 Å². The molecule has 42 heavy (non-hydrogen) atoms. The number of fused-ring (bicyclic) bond motifs is 1. The van der Waals surface area contributed by atoms with Crippen molar-refractivity contribution in [2.24, 2.45) is 0 Å². The molecule has 1 fully saturated rings. The highest BCUT2D eigenvalue weighted by Crippen LogP contribution is 2.44. The number of hydrogen-bond donors (Lipinski definition) is 0. The van der Waals surface area contributed by atoms with Gasteiger partial charge in [-0.1, -0.05) is 59.6 Å². The first-order valence-electron chi connectivity index (χ1n) is 14.2. The van der Waals surface area contributed by atoms with E-state index in [0.29, 0.717) is 21.5 Å². The number of sulfonamides is 1. The van der Waals surface area contributed by atoms with Crippen molar-refractivity contribution >= 4 is 44.8 Å². The monoisotopic (exact) mass is 629 g/mol. The fraction of sp³-hybridized carbons (Fsp3) is 0.406. The minimum atomic E-state index is -3.67. The van der Waals surface area contributed by atoms with Gasteiger partial charge in [-0.05, 0) is 85.3 Å². The SMILES string of the molecule is COc1cc2c(cc1N(Cc1ccccc1)S(C)(=O)=O)C(N(C)C(=O)Cc1ccc(Cl)c(Cl)c1)C(N1CCCC1)CC2. The summed E-state index contributed by atoms with van der Waals surface area (Å²) in [5, 5.41) is 0.863. The zero-order valence-corrected chi connectivity index (χ0v) is 26.6. The summed E-state index contributed by atoms with van der Waals surface area (Å²) in [7, 11) is -0.252.